The lowest BCUT2D eigenvalue weighted by atomic mass is 10.1. The van der Waals surface area contributed by atoms with Crippen LogP contribution in [0, 0.1) is 0 Å². The molecule has 0 aliphatic carbocycles. The summed E-state index contributed by atoms with van der Waals surface area (Å²) < 4.78 is 10.9. The van der Waals surface area contributed by atoms with Crippen LogP contribution in [0.1, 0.15) is 116 Å². The number of benzene rings is 1. The van der Waals surface area contributed by atoms with Crippen molar-refractivity contribution in [3.05, 3.63) is 40.2 Å². The minimum Gasteiger partial charge on any atom is -0.461 e. The summed E-state index contributed by atoms with van der Waals surface area (Å²) in [5.41, 5.74) is 3.74. The van der Waals surface area contributed by atoms with Crippen LogP contribution in [-0.2, 0) is 20.9 Å². The third kappa shape index (κ3) is 12.7. The molecule has 0 unspecified atom stereocenters. The minimum absolute atomic E-state index is 0.0252. The highest BCUT2D eigenvalue weighted by atomic mass is 16.5. The smallest absolute Gasteiger partial charge is 0.336 e. The van der Waals surface area contributed by atoms with Crippen molar-refractivity contribution in [2.45, 2.75) is 117 Å². The normalized spacial score (nSPS) is 11.1. The van der Waals surface area contributed by atoms with E-state index in [0.717, 1.165) is 37.0 Å². The number of carbonyl (C=O) groups is 2. The zero-order valence-electron chi connectivity index (χ0n) is 24.1. The summed E-state index contributed by atoms with van der Waals surface area (Å²) >= 11 is 0. The molecule has 8 nitrogen and oxygen atoms in total. The molecule has 0 fully saturated rings. The van der Waals surface area contributed by atoms with E-state index in [0.29, 0.717) is 17.6 Å². The molecule has 2 aromatic rings. The monoisotopic (exact) mass is 543 g/mol. The first-order valence-corrected chi connectivity index (χ1v) is 14.9. The predicted octanol–water partition coefficient (Wildman–Crippen LogP) is 6.52. The van der Waals surface area contributed by atoms with Crippen molar-refractivity contribution < 1.29 is 18.7 Å². The van der Waals surface area contributed by atoms with E-state index in [4.69, 9.17) is 15.0 Å². The van der Waals surface area contributed by atoms with Gasteiger partial charge in [0.15, 0.2) is 0 Å². The van der Waals surface area contributed by atoms with Crippen LogP contribution in [-0.4, -0.2) is 25.0 Å². The number of nitrogens with one attached hydrogen (secondary N) is 1. The number of nitrogens with zero attached hydrogens (tertiary/aromatic N) is 1. The summed E-state index contributed by atoms with van der Waals surface area (Å²) in [6.45, 7) is 6.42. The Morgan fingerprint density at radius 1 is 0.846 bits per heavy atom. The molecule has 0 aliphatic rings. The number of nitrogens with two attached hydrogens (primary N) is 1. The van der Waals surface area contributed by atoms with Gasteiger partial charge < -0.3 is 14.1 Å². The second-order valence-corrected chi connectivity index (χ2v) is 10.4. The number of rotatable bonds is 21. The Morgan fingerprint density at radius 3 is 2.08 bits per heavy atom. The van der Waals surface area contributed by atoms with E-state index in [-0.39, 0.29) is 25.4 Å². The van der Waals surface area contributed by atoms with Crippen LogP contribution in [0.5, 0.6) is 0 Å². The van der Waals surface area contributed by atoms with Gasteiger partial charge in [0.1, 0.15) is 12.2 Å². The molecule has 0 saturated heterocycles. The fourth-order valence-electron chi connectivity index (χ4n) is 4.77. The second kappa shape index (κ2) is 19.2. The third-order valence-corrected chi connectivity index (χ3v) is 7.08. The lowest BCUT2D eigenvalue weighted by Crippen LogP contribution is -2.29. The first-order valence-electron chi connectivity index (χ1n) is 14.9. The van der Waals surface area contributed by atoms with Gasteiger partial charge in [-0.05, 0) is 31.4 Å². The van der Waals surface area contributed by atoms with Crippen LogP contribution in [0.2, 0.25) is 0 Å². The molecule has 0 spiro atoms. The first kappa shape index (κ1) is 32.3. The quantitative estimate of drug-likeness (QED) is 0.0460. The molecule has 8 heteroatoms. The number of unbranched alkanes of at least 4 members (excludes halogenated alkanes) is 10. The number of ether oxygens (including phenoxy) is 1. The van der Waals surface area contributed by atoms with Gasteiger partial charge in [-0.2, -0.15) is 0 Å². The van der Waals surface area contributed by atoms with Crippen LogP contribution in [0.25, 0.3) is 11.0 Å². The fourth-order valence-corrected chi connectivity index (χ4v) is 4.77. The number of hydrazine groups is 1. The molecule has 2 rings (SSSR count). The van der Waals surface area contributed by atoms with E-state index in [1.807, 2.05) is 17.6 Å². The summed E-state index contributed by atoms with van der Waals surface area (Å²) in [6, 6.07) is 7.36. The predicted molar refractivity (Wildman–Crippen MR) is 157 cm³/mol. The van der Waals surface area contributed by atoms with Gasteiger partial charge in [-0.1, -0.05) is 78.1 Å². The molecule has 218 valence electrons. The van der Waals surface area contributed by atoms with Crippen molar-refractivity contribution in [2.24, 2.45) is 5.84 Å². The Balaban J connectivity index is 2.06. The molecule has 1 aromatic carbocycles. The van der Waals surface area contributed by atoms with E-state index < -0.39 is 11.6 Å². The summed E-state index contributed by atoms with van der Waals surface area (Å²) in [6.07, 6.45) is 15.6. The number of hydrogen-bond acceptors (Lipinski definition) is 7. The average Bonchev–Trinajstić information content (AvgIpc) is 2.93. The fraction of sp³-hybridized carbons (Fsp3) is 0.645. The Kier molecular flexibility index (Phi) is 15.9. The van der Waals surface area contributed by atoms with Crippen molar-refractivity contribution in [2.75, 3.05) is 18.0 Å². The third-order valence-electron chi connectivity index (χ3n) is 7.08. The molecule has 1 aromatic heterocycles. The van der Waals surface area contributed by atoms with Crippen LogP contribution in [0.15, 0.2) is 33.5 Å². The van der Waals surface area contributed by atoms with Crippen molar-refractivity contribution in [1.29, 1.82) is 0 Å². The van der Waals surface area contributed by atoms with Gasteiger partial charge in [-0.3, -0.25) is 15.0 Å². The summed E-state index contributed by atoms with van der Waals surface area (Å²) in [4.78, 5) is 38.1. The lowest BCUT2D eigenvalue weighted by molar-refractivity contribution is -0.145. The van der Waals surface area contributed by atoms with Crippen molar-refractivity contribution in [3.63, 3.8) is 0 Å². The van der Waals surface area contributed by atoms with Gasteiger partial charge in [-0.25, -0.2) is 10.6 Å². The highest BCUT2D eigenvalue weighted by Gasteiger charge is 2.13. The van der Waals surface area contributed by atoms with E-state index in [1.54, 1.807) is 0 Å². The molecule has 0 atom stereocenters. The van der Waals surface area contributed by atoms with Crippen LogP contribution in [0.3, 0.4) is 0 Å². The van der Waals surface area contributed by atoms with Crippen molar-refractivity contribution in [1.82, 2.24) is 5.43 Å². The minimum atomic E-state index is -0.469. The number of anilines is 1. The number of fused-ring (bicyclic) bond motifs is 1. The molecular weight excluding hydrogens is 494 g/mol. The van der Waals surface area contributed by atoms with Gasteiger partial charge in [0.05, 0.1) is 0 Å². The zero-order chi connectivity index (χ0) is 28.3. The molecule has 0 saturated carbocycles. The maximum absolute atomic E-state index is 12.3. The number of esters is 1. The topological polar surface area (TPSA) is 115 Å². The maximum Gasteiger partial charge on any atom is 0.336 e. The summed E-state index contributed by atoms with van der Waals surface area (Å²) in [7, 11) is 0. The van der Waals surface area contributed by atoms with Gasteiger partial charge >= 0.3 is 11.6 Å². The Labute approximate surface area is 233 Å². The first-order chi connectivity index (χ1) is 19.0. The van der Waals surface area contributed by atoms with Gasteiger partial charge in [-0.15, -0.1) is 0 Å². The van der Waals surface area contributed by atoms with E-state index in [9.17, 15) is 14.4 Å². The number of carbonyl (C=O) groups excluding carboxylic acids is 2. The molecular formula is C31H49N3O5. The van der Waals surface area contributed by atoms with Gasteiger partial charge in [0.2, 0.25) is 5.91 Å². The molecule has 1 amide bonds. The second-order valence-electron chi connectivity index (χ2n) is 10.4. The summed E-state index contributed by atoms with van der Waals surface area (Å²) in [5, 5.41) is 0.757. The van der Waals surface area contributed by atoms with Crippen LogP contribution in [0.4, 0.5) is 5.69 Å². The Bertz CT molecular complexity index is 1040. The number of hydrogen-bond donors (Lipinski definition) is 2. The Morgan fingerprint density at radius 2 is 1.46 bits per heavy atom. The van der Waals surface area contributed by atoms with E-state index in [2.05, 4.69) is 24.8 Å². The SMILES string of the molecule is CCCCCCCCN(CCCCCCCC)c1ccc2c(COC(=O)CCCC(=O)NN)cc(=O)oc2c1. The molecule has 1 heterocycles. The highest BCUT2D eigenvalue weighted by Crippen LogP contribution is 2.25. The maximum atomic E-state index is 12.3. The van der Waals surface area contributed by atoms with Gasteiger partial charge in [0.25, 0.3) is 0 Å². The molecule has 0 aliphatic heterocycles. The summed E-state index contributed by atoms with van der Waals surface area (Å²) in [5.74, 6) is 4.30. The number of amides is 1. The lowest BCUT2D eigenvalue weighted by Gasteiger charge is -2.25. The van der Waals surface area contributed by atoms with E-state index >= 15 is 0 Å². The Hall–Kier alpha value is -2.87. The van der Waals surface area contributed by atoms with Crippen molar-refractivity contribution >= 4 is 28.5 Å². The standard InChI is InChI=1S/C31H49N3O5/c1-3-5-7-9-11-13-20-34(21-14-12-10-8-6-4-2)26-18-19-27-25(22-31(37)39-28(27)23-26)24-38-30(36)17-15-16-29(35)33-32/h18-19,22-23H,3-17,20-21,24,32H2,1-2H3,(H,33,35). The largest absolute Gasteiger partial charge is 0.461 e. The highest BCUT2D eigenvalue weighted by molar-refractivity contribution is 5.84. The molecule has 3 N–H and O–H groups in total. The van der Waals surface area contributed by atoms with Crippen LogP contribution >= 0.6 is 0 Å². The molecule has 0 radical (unpaired) electrons. The molecule has 0 bridgehead atoms. The van der Waals surface area contributed by atoms with E-state index in [1.165, 1.54) is 70.3 Å². The molecule has 39 heavy (non-hydrogen) atoms. The average molecular weight is 544 g/mol. The van der Waals surface area contributed by atoms with Crippen LogP contribution < -0.4 is 21.8 Å². The van der Waals surface area contributed by atoms with Gasteiger partial charge in [0, 0.05) is 54.7 Å². The van der Waals surface area contributed by atoms with Crippen molar-refractivity contribution in [3.8, 4) is 0 Å². The zero-order valence-corrected chi connectivity index (χ0v) is 24.1.